The standard InChI is InChI=1S/C9H14N2.CH3NO2/c1-9(2,3)8-5-4-7(10)6-11-8;2-1(3)4/h4-6H,10H2,1-3H3;2H2,(H,3,4). The normalized spacial score (nSPS) is 10.1. The van der Waals surface area contributed by atoms with Crippen LogP contribution in [-0.2, 0) is 5.41 Å². The van der Waals surface area contributed by atoms with Crippen LogP contribution in [0.2, 0.25) is 0 Å². The molecular weight excluding hydrogens is 194 g/mol. The molecule has 0 atom stereocenters. The molecule has 1 aromatic rings. The number of anilines is 1. The Morgan fingerprint density at radius 3 is 2.13 bits per heavy atom. The molecule has 0 aliphatic carbocycles. The molecule has 1 aromatic heterocycles. The fourth-order valence-electron chi connectivity index (χ4n) is 0.849. The maximum Gasteiger partial charge on any atom is 0.402 e. The number of nitrogen functional groups attached to an aromatic ring is 1. The number of carbonyl (C=O) groups is 1. The van der Waals surface area contributed by atoms with Gasteiger partial charge in [-0.15, -0.1) is 0 Å². The number of nitrogens with two attached hydrogens (primary N) is 2. The van der Waals surface area contributed by atoms with Crippen LogP contribution < -0.4 is 11.5 Å². The summed E-state index contributed by atoms with van der Waals surface area (Å²) in [4.78, 5) is 13.0. The Morgan fingerprint density at radius 2 is 1.87 bits per heavy atom. The minimum Gasteiger partial charge on any atom is -0.465 e. The van der Waals surface area contributed by atoms with Crippen molar-refractivity contribution in [2.24, 2.45) is 5.73 Å². The quantitative estimate of drug-likeness (QED) is 0.606. The highest BCUT2D eigenvalue weighted by molar-refractivity contribution is 5.61. The first kappa shape index (κ1) is 13.2. The molecule has 15 heavy (non-hydrogen) atoms. The lowest BCUT2D eigenvalue weighted by Gasteiger charge is -2.16. The summed E-state index contributed by atoms with van der Waals surface area (Å²) in [5.74, 6) is 0. The summed E-state index contributed by atoms with van der Waals surface area (Å²) in [6.45, 7) is 6.39. The molecule has 1 rings (SSSR count). The molecule has 1 heterocycles. The van der Waals surface area contributed by atoms with E-state index in [0.29, 0.717) is 0 Å². The molecule has 0 saturated heterocycles. The topological polar surface area (TPSA) is 102 Å². The predicted octanol–water partition coefficient (Wildman–Crippen LogP) is 1.58. The third-order valence-electron chi connectivity index (χ3n) is 1.55. The van der Waals surface area contributed by atoms with Crippen LogP contribution in [0, 0.1) is 0 Å². The van der Waals surface area contributed by atoms with E-state index in [9.17, 15) is 0 Å². The number of aromatic nitrogens is 1. The van der Waals surface area contributed by atoms with Crippen molar-refractivity contribution < 1.29 is 9.90 Å². The van der Waals surface area contributed by atoms with Crippen LogP contribution >= 0.6 is 0 Å². The van der Waals surface area contributed by atoms with Gasteiger partial charge in [0.2, 0.25) is 0 Å². The van der Waals surface area contributed by atoms with Crippen molar-refractivity contribution in [2.45, 2.75) is 26.2 Å². The van der Waals surface area contributed by atoms with E-state index in [1.54, 1.807) is 6.20 Å². The van der Waals surface area contributed by atoms with Crippen LogP contribution in [0.1, 0.15) is 26.5 Å². The highest BCUT2D eigenvalue weighted by Gasteiger charge is 2.13. The Hall–Kier alpha value is -1.78. The second kappa shape index (κ2) is 5.19. The number of hydrogen-bond donors (Lipinski definition) is 3. The van der Waals surface area contributed by atoms with Gasteiger partial charge in [-0.1, -0.05) is 20.8 Å². The molecule has 0 aliphatic rings. The zero-order valence-electron chi connectivity index (χ0n) is 9.19. The number of primary amides is 1. The van der Waals surface area contributed by atoms with Crippen molar-refractivity contribution in [3.63, 3.8) is 0 Å². The molecule has 0 aliphatic heterocycles. The first-order valence-corrected chi connectivity index (χ1v) is 4.44. The lowest BCUT2D eigenvalue weighted by Crippen LogP contribution is -2.13. The molecule has 5 heteroatoms. The van der Waals surface area contributed by atoms with Crippen molar-refractivity contribution in [1.82, 2.24) is 4.98 Å². The van der Waals surface area contributed by atoms with Gasteiger partial charge in [0.1, 0.15) is 0 Å². The van der Waals surface area contributed by atoms with E-state index in [0.717, 1.165) is 11.4 Å². The predicted molar refractivity (Wildman–Crippen MR) is 59.6 cm³/mol. The third-order valence-corrected chi connectivity index (χ3v) is 1.55. The smallest absolute Gasteiger partial charge is 0.402 e. The molecule has 0 unspecified atom stereocenters. The monoisotopic (exact) mass is 211 g/mol. The first-order chi connectivity index (χ1) is 6.73. The molecular formula is C10H17N3O2. The van der Waals surface area contributed by atoms with Crippen LogP contribution in [-0.4, -0.2) is 16.2 Å². The van der Waals surface area contributed by atoms with Crippen molar-refractivity contribution in [3.05, 3.63) is 24.0 Å². The van der Waals surface area contributed by atoms with Gasteiger partial charge in [-0.05, 0) is 12.1 Å². The van der Waals surface area contributed by atoms with Crippen LogP contribution in [0.4, 0.5) is 10.5 Å². The van der Waals surface area contributed by atoms with Crippen LogP contribution in [0.3, 0.4) is 0 Å². The van der Waals surface area contributed by atoms with E-state index in [-0.39, 0.29) is 5.41 Å². The molecule has 5 N–H and O–H groups in total. The number of hydrogen-bond acceptors (Lipinski definition) is 3. The summed E-state index contributed by atoms with van der Waals surface area (Å²) < 4.78 is 0. The summed E-state index contributed by atoms with van der Waals surface area (Å²) >= 11 is 0. The fraction of sp³-hybridized carbons (Fsp3) is 0.400. The Balaban J connectivity index is 0.000000423. The van der Waals surface area contributed by atoms with Gasteiger partial charge in [0.25, 0.3) is 0 Å². The Morgan fingerprint density at radius 1 is 1.40 bits per heavy atom. The summed E-state index contributed by atoms with van der Waals surface area (Å²) in [6, 6.07) is 3.85. The molecule has 0 aromatic carbocycles. The Labute approximate surface area is 89.1 Å². The maximum atomic E-state index is 8.78. The van der Waals surface area contributed by atoms with E-state index in [1.807, 2.05) is 12.1 Å². The molecule has 1 amide bonds. The molecule has 0 bridgehead atoms. The van der Waals surface area contributed by atoms with Gasteiger partial charge in [0.15, 0.2) is 0 Å². The lowest BCUT2D eigenvalue weighted by molar-refractivity contribution is 0.205. The van der Waals surface area contributed by atoms with Gasteiger partial charge in [0, 0.05) is 11.1 Å². The average molecular weight is 211 g/mol. The lowest BCUT2D eigenvalue weighted by atomic mass is 9.92. The number of nitrogens with zero attached hydrogens (tertiary/aromatic N) is 1. The highest BCUT2D eigenvalue weighted by atomic mass is 16.4. The van der Waals surface area contributed by atoms with Gasteiger partial charge < -0.3 is 16.6 Å². The van der Waals surface area contributed by atoms with Gasteiger partial charge in [0.05, 0.1) is 11.9 Å². The van der Waals surface area contributed by atoms with E-state index < -0.39 is 6.09 Å². The number of rotatable bonds is 0. The zero-order valence-corrected chi connectivity index (χ0v) is 9.19. The molecule has 0 radical (unpaired) electrons. The second-order valence-corrected chi connectivity index (χ2v) is 4.07. The Bertz CT molecular complexity index is 310. The highest BCUT2D eigenvalue weighted by Crippen LogP contribution is 2.19. The number of pyridine rings is 1. The van der Waals surface area contributed by atoms with Gasteiger partial charge in [-0.25, -0.2) is 4.79 Å². The first-order valence-electron chi connectivity index (χ1n) is 4.44. The number of amides is 1. The molecule has 0 saturated carbocycles. The minimum atomic E-state index is -1.33. The largest absolute Gasteiger partial charge is 0.465 e. The molecule has 5 nitrogen and oxygen atoms in total. The summed E-state index contributed by atoms with van der Waals surface area (Å²) in [7, 11) is 0. The van der Waals surface area contributed by atoms with Gasteiger partial charge in [-0.2, -0.15) is 0 Å². The third kappa shape index (κ3) is 6.31. The van der Waals surface area contributed by atoms with Crippen molar-refractivity contribution in [3.8, 4) is 0 Å². The zero-order chi connectivity index (χ0) is 12.1. The van der Waals surface area contributed by atoms with Crippen LogP contribution in [0.15, 0.2) is 18.3 Å². The summed E-state index contributed by atoms with van der Waals surface area (Å²) in [5, 5.41) is 7.19. The number of carboxylic acid groups (broad SMARTS) is 1. The van der Waals surface area contributed by atoms with E-state index in [2.05, 4.69) is 31.5 Å². The Kier molecular flexibility index (Phi) is 4.57. The van der Waals surface area contributed by atoms with Crippen molar-refractivity contribution >= 4 is 11.8 Å². The SMILES string of the molecule is CC(C)(C)c1ccc(N)cn1.NC(=O)O. The van der Waals surface area contributed by atoms with Gasteiger partial charge in [-0.3, -0.25) is 4.98 Å². The van der Waals surface area contributed by atoms with E-state index in [1.165, 1.54) is 0 Å². The minimum absolute atomic E-state index is 0.119. The van der Waals surface area contributed by atoms with Crippen LogP contribution in [0.5, 0.6) is 0 Å². The van der Waals surface area contributed by atoms with Crippen molar-refractivity contribution in [2.75, 3.05) is 5.73 Å². The average Bonchev–Trinajstić information content (AvgIpc) is 2.01. The maximum absolute atomic E-state index is 8.78. The fourth-order valence-corrected chi connectivity index (χ4v) is 0.849. The summed E-state index contributed by atoms with van der Waals surface area (Å²) in [6.07, 6.45) is 0.362. The van der Waals surface area contributed by atoms with Crippen molar-refractivity contribution in [1.29, 1.82) is 0 Å². The van der Waals surface area contributed by atoms with E-state index in [4.69, 9.17) is 15.6 Å². The van der Waals surface area contributed by atoms with Gasteiger partial charge >= 0.3 is 6.09 Å². The molecule has 84 valence electrons. The van der Waals surface area contributed by atoms with Crippen LogP contribution in [0.25, 0.3) is 0 Å². The molecule has 0 fully saturated rings. The summed E-state index contributed by atoms with van der Waals surface area (Å²) in [5.41, 5.74) is 11.4. The second-order valence-electron chi connectivity index (χ2n) is 4.07. The van der Waals surface area contributed by atoms with E-state index >= 15 is 0 Å². The molecule has 0 spiro atoms.